The predicted molar refractivity (Wildman–Crippen MR) is 51.7 cm³/mol. The highest BCUT2D eigenvalue weighted by molar-refractivity contribution is 5.45. The summed E-state index contributed by atoms with van der Waals surface area (Å²) in [5, 5.41) is 16.8. The first kappa shape index (κ1) is 8.70. The van der Waals surface area contributed by atoms with E-state index in [2.05, 4.69) is 23.2 Å². The number of hydrogen-bond acceptors (Lipinski definition) is 3. The minimum Gasteiger partial charge on any atom is -0.286 e. The van der Waals surface area contributed by atoms with Gasteiger partial charge in [0.25, 0.3) is 0 Å². The number of aryl methyl sites for hydroxylation is 1. The zero-order valence-electron chi connectivity index (χ0n) is 7.94. The number of pyridine rings is 1. The number of aromatic nitrogens is 3. The Kier molecular flexibility index (Phi) is 2.15. The molecular formula is C10H10N4. The molecule has 0 amide bonds. The molecule has 0 radical (unpaired) electrons. The molecule has 0 saturated carbocycles. The Morgan fingerprint density at radius 1 is 1.50 bits per heavy atom. The molecule has 0 aliphatic heterocycles. The fourth-order valence-corrected chi connectivity index (χ4v) is 1.40. The Morgan fingerprint density at radius 2 is 2.36 bits per heavy atom. The number of hydrogen-bond donors (Lipinski definition) is 0. The third-order valence-electron chi connectivity index (χ3n) is 2.08. The summed E-state index contributed by atoms with van der Waals surface area (Å²) in [6.45, 7) is 2.10. The third-order valence-corrected chi connectivity index (χ3v) is 2.08. The second-order valence-corrected chi connectivity index (χ2v) is 3.12. The lowest BCUT2D eigenvalue weighted by molar-refractivity contribution is 0.818. The smallest absolute Gasteiger partial charge is 0.162 e. The van der Waals surface area contributed by atoms with Crippen molar-refractivity contribution >= 4 is 5.65 Å². The summed E-state index contributed by atoms with van der Waals surface area (Å²) >= 11 is 0. The van der Waals surface area contributed by atoms with E-state index in [-0.39, 0.29) is 0 Å². The normalized spacial score (nSPS) is 10.3. The average molecular weight is 186 g/mol. The van der Waals surface area contributed by atoms with Crippen LogP contribution in [0.5, 0.6) is 0 Å². The SMILES string of the molecule is CCCc1nnc2cc(C#N)ccn12. The maximum absolute atomic E-state index is 8.70. The van der Waals surface area contributed by atoms with Crippen molar-refractivity contribution in [3.63, 3.8) is 0 Å². The van der Waals surface area contributed by atoms with Crippen LogP contribution < -0.4 is 0 Å². The summed E-state index contributed by atoms with van der Waals surface area (Å²) in [4.78, 5) is 0. The number of nitriles is 1. The molecule has 70 valence electrons. The summed E-state index contributed by atoms with van der Waals surface area (Å²) in [6.07, 6.45) is 3.80. The van der Waals surface area contributed by atoms with Crippen LogP contribution in [0.15, 0.2) is 18.3 Å². The van der Waals surface area contributed by atoms with E-state index in [1.807, 2.05) is 10.6 Å². The molecule has 4 heteroatoms. The van der Waals surface area contributed by atoms with Crippen molar-refractivity contribution in [2.45, 2.75) is 19.8 Å². The Morgan fingerprint density at radius 3 is 3.07 bits per heavy atom. The van der Waals surface area contributed by atoms with E-state index >= 15 is 0 Å². The van der Waals surface area contributed by atoms with Gasteiger partial charge in [0.2, 0.25) is 0 Å². The first-order chi connectivity index (χ1) is 6.85. The number of rotatable bonds is 2. The van der Waals surface area contributed by atoms with Gasteiger partial charge >= 0.3 is 0 Å². The second-order valence-electron chi connectivity index (χ2n) is 3.12. The van der Waals surface area contributed by atoms with Crippen LogP contribution in [0.3, 0.4) is 0 Å². The van der Waals surface area contributed by atoms with Gasteiger partial charge in [0, 0.05) is 18.7 Å². The van der Waals surface area contributed by atoms with Crippen LogP contribution in [-0.4, -0.2) is 14.6 Å². The second kappa shape index (κ2) is 3.46. The number of nitrogens with zero attached hydrogens (tertiary/aromatic N) is 4. The van der Waals surface area contributed by atoms with Crippen molar-refractivity contribution in [2.75, 3.05) is 0 Å². The molecule has 2 aromatic rings. The zero-order valence-corrected chi connectivity index (χ0v) is 7.94. The summed E-state index contributed by atoms with van der Waals surface area (Å²) in [5.74, 6) is 0.951. The maximum atomic E-state index is 8.70. The molecule has 0 N–H and O–H groups in total. The maximum Gasteiger partial charge on any atom is 0.162 e. The van der Waals surface area contributed by atoms with Crippen LogP contribution in [0.2, 0.25) is 0 Å². The van der Waals surface area contributed by atoms with Gasteiger partial charge in [0.05, 0.1) is 11.6 Å². The molecule has 0 spiro atoms. The Labute approximate surface area is 81.8 Å². The van der Waals surface area contributed by atoms with Crippen LogP contribution >= 0.6 is 0 Å². The first-order valence-electron chi connectivity index (χ1n) is 4.59. The van der Waals surface area contributed by atoms with Crippen molar-refractivity contribution in [3.8, 4) is 6.07 Å². The van der Waals surface area contributed by atoms with Gasteiger partial charge in [-0.25, -0.2) is 0 Å². The highest BCUT2D eigenvalue weighted by Crippen LogP contribution is 2.07. The molecular weight excluding hydrogens is 176 g/mol. The van der Waals surface area contributed by atoms with Gasteiger partial charge < -0.3 is 0 Å². The lowest BCUT2D eigenvalue weighted by Crippen LogP contribution is -1.93. The first-order valence-corrected chi connectivity index (χ1v) is 4.59. The van der Waals surface area contributed by atoms with Gasteiger partial charge in [0.1, 0.15) is 5.82 Å². The van der Waals surface area contributed by atoms with E-state index in [0.29, 0.717) is 5.56 Å². The lowest BCUT2D eigenvalue weighted by Gasteiger charge is -1.96. The van der Waals surface area contributed by atoms with Crippen LogP contribution in [0.4, 0.5) is 0 Å². The predicted octanol–water partition coefficient (Wildman–Crippen LogP) is 1.55. The monoisotopic (exact) mass is 186 g/mol. The molecule has 2 aromatic heterocycles. The average Bonchev–Trinajstić information content (AvgIpc) is 2.61. The minimum atomic E-state index is 0.618. The third kappa shape index (κ3) is 1.33. The van der Waals surface area contributed by atoms with Gasteiger partial charge in [-0.1, -0.05) is 6.92 Å². The van der Waals surface area contributed by atoms with Crippen molar-refractivity contribution in [2.24, 2.45) is 0 Å². The molecule has 0 aromatic carbocycles. The lowest BCUT2D eigenvalue weighted by atomic mass is 10.3. The van der Waals surface area contributed by atoms with Gasteiger partial charge in [-0.15, -0.1) is 10.2 Å². The largest absolute Gasteiger partial charge is 0.286 e. The zero-order chi connectivity index (χ0) is 9.97. The molecule has 4 nitrogen and oxygen atoms in total. The van der Waals surface area contributed by atoms with E-state index in [1.165, 1.54) is 0 Å². The molecule has 2 heterocycles. The summed E-state index contributed by atoms with van der Waals surface area (Å²) in [6, 6.07) is 5.59. The standard InChI is InChI=1S/C10H10N4/c1-2-3-9-12-13-10-6-8(7-11)4-5-14(9)10/h4-6H,2-3H2,1H3. The fraction of sp³-hybridized carbons (Fsp3) is 0.300. The van der Waals surface area contributed by atoms with E-state index in [0.717, 1.165) is 24.3 Å². The van der Waals surface area contributed by atoms with Gasteiger partial charge in [-0.05, 0) is 12.5 Å². The van der Waals surface area contributed by atoms with Crippen molar-refractivity contribution < 1.29 is 0 Å². The topological polar surface area (TPSA) is 54.0 Å². The van der Waals surface area contributed by atoms with E-state index in [9.17, 15) is 0 Å². The molecule has 0 bridgehead atoms. The summed E-state index contributed by atoms with van der Waals surface area (Å²) < 4.78 is 1.92. The van der Waals surface area contributed by atoms with Crippen LogP contribution in [-0.2, 0) is 6.42 Å². The molecule has 0 fully saturated rings. The molecule has 0 atom stereocenters. The van der Waals surface area contributed by atoms with Gasteiger partial charge in [-0.3, -0.25) is 4.40 Å². The number of fused-ring (bicyclic) bond motifs is 1. The van der Waals surface area contributed by atoms with Crippen LogP contribution in [0.25, 0.3) is 5.65 Å². The Hall–Kier alpha value is -1.89. The quantitative estimate of drug-likeness (QED) is 0.715. The highest BCUT2D eigenvalue weighted by Gasteiger charge is 2.04. The molecule has 0 unspecified atom stereocenters. The fourth-order valence-electron chi connectivity index (χ4n) is 1.40. The highest BCUT2D eigenvalue weighted by atomic mass is 15.2. The molecule has 0 saturated heterocycles. The Bertz CT molecular complexity index is 492. The van der Waals surface area contributed by atoms with Crippen LogP contribution in [0.1, 0.15) is 24.7 Å². The summed E-state index contributed by atoms with van der Waals surface area (Å²) in [7, 11) is 0. The molecule has 2 rings (SSSR count). The van der Waals surface area contributed by atoms with E-state index in [1.54, 1.807) is 12.1 Å². The molecule has 0 aliphatic carbocycles. The van der Waals surface area contributed by atoms with Gasteiger partial charge in [0.15, 0.2) is 5.65 Å². The van der Waals surface area contributed by atoms with E-state index in [4.69, 9.17) is 5.26 Å². The molecule has 0 aliphatic rings. The van der Waals surface area contributed by atoms with Crippen molar-refractivity contribution in [1.82, 2.24) is 14.6 Å². The summed E-state index contributed by atoms with van der Waals surface area (Å²) in [5.41, 5.74) is 1.36. The van der Waals surface area contributed by atoms with Crippen molar-refractivity contribution in [3.05, 3.63) is 29.7 Å². The van der Waals surface area contributed by atoms with E-state index < -0.39 is 0 Å². The van der Waals surface area contributed by atoms with Crippen LogP contribution in [0, 0.1) is 11.3 Å². The minimum absolute atomic E-state index is 0.618. The van der Waals surface area contributed by atoms with Gasteiger partial charge in [-0.2, -0.15) is 5.26 Å². The molecule has 14 heavy (non-hydrogen) atoms. The Balaban J connectivity index is 2.55. The van der Waals surface area contributed by atoms with Crippen molar-refractivity contribution in [1.29, 1.82) is 5.26 Å².